The van der Waals surface area contributed by atoms with E-state index in [0.29, 0.717) is 6.04 Å². The van der Waals surface area contributed by atoms with Crippen LogP contribution in [0.5, 0.6) is 0 Å². The Kier molecular flexibility index (Phi) is 24.5. The van der Waals surface area contributed by atoms with Gasteiger partial charge in [0.2, 0.25) is 0 Å². The standard InChI is InChI=1S/C6H13NOS.ClH.I2/c1-3-6(7)4-9-5(2)8;;1-2/h6H,3-4,7H2,1-2H3;1H;. The Bertz CT molecular complexity index is 108. The Morgan fingerprint density at radius 3 is 2.25 bits per heavy atom. The number of halogens is 3. The molecule has 0 saturated heterocycles. The first-order valence-electron chi connectivity index (χ1n) is 3.27. The lowest BCUT2D eigenvalue weighted by Gasteiger charge is -2.00. The molecule has 0 saturated carbocycles. The number of rotatable bonds is 3. The number of quaternary nitrogens is 1. The lowest BCUT2D eigenvalue weighted by atomic mass is 10.3. The van der Waals surface area contributed by atoms with Crippen LogP contribution in [-0.4, -0.2) is 16.9 Å². The molecule has 0 radical (unpaired) electrons. The van der Waals surface area contributed by atoms with Gasteiger partial charge in [-0.2, -0.15) is 0 Å². The minimum atomic E-state index is 0. The molecule has 12 heavy (non-hydrogen) atoms. The van der Waals surface area contributed by atoms with E-state index in [1.165, 1.54) is 11.8 Å². The van der Waals surface area contributed by atoms with Gasteiger partial charge in [0.25, 0.3) is 0 Å². The highest BCUT2D eigenvalue weighted by atomic mass is 128. The number of carbonyl (C=O) groups excluding carboxylic acids is 1. The van der Waals surface area contributed by atoms with Gasteiger partial charge in [0, 0.05) is 44.2 Å². The van der Waals surface area contributed by atoms with Gasteiger partial charge in [0.15, 0.2) is 5.12 Å². The predicted molar refractivity (Wildman–Crippen MR) is 68.1 cm³/mol. The molecular weight excluding hydrogens is 423 g/mol. The second-order valence-electron chi connectivity index (χ2n) is 2.08. The van der Waals surface area contributed by atoms with E-state index in [1.54, 1.807) is 6.92 Å². The van der Waals surface area contributed by atoms with Crippen LogP contribution in [-0.2, 0) is 4.79 Å². The normalized spacial score (nSPS) is 10.4. The molecule has 0 spiro atoms. The Morgan fingerprint density at radius 2 is 2.00 bits per heavy atom. The molecule has 2 nitrogen and oxygen atoms in total. The van der Waals surface area contributed by atoms with Crippen LogP contribution in [0.15, 0.2) is 0 Å². The molecule has 6 heteroatoms. The SMILES string of the molecule is CCC([NH3+])CSC(C)=O.II.[Cl-]. The van der Waals surface area contributed by atoms with Crippen LogP contribution in [0.1, 0.15) is 20.3 Å². The topological polar surface area (TPSA) is 44.7 Å². The maximum atomic E-state index is 10.4. The second kappa shape index (κ2) is 15.2. The minimum Gasteiger partial charge on any atom is -1.00 e. The van der Waals surface area contributed by atoms with E-state index in [1.807, 2.05) is 0 Å². The monoisotopic (exact) mass is 437 g/mol. The minimum absolute atomic E-state index is 0. The van der Waals surface area contributed by atoms with Crippen molar-refractivity contribution < 1.29 is 22.9 Å². The van der Waals surface area contributed by atoms with E-state index in [2.05, 4.69) is 49.9 Å². The third-order valence-electron chi connectivity index (χ3n) is 1.10. The maximum absolute atomic E-state index is 10.4. The summed E-state index contributed by atoms with van der Waals surface area (Å²) in [6.07, 6.45) is 1.06. The Labute approximate surface area is 108 Å². The van der Waals surface area contributed by atoms with E-state index in [0.717, 1.165) is 12.2 Å². The molecule has 3 N–H and O–H groups in total. The Balaban J connectivity index is -0.000000249. The molecule has 0 aromatic rings. The maximum Gasteiger partial charge on any atom is 0.186 e. The van der Waals surface area contributed by atoms with Crippen LogP contribution >= 0.6 is 49.0 Å². The molecule has 1 atom stereocenters. The number of hydrogen-bond acceptors (Lipinski definition) is 2. The molecule has 0 aliphatic rings. The Hall–Kier alpha value is 1.73. The van der Waals surface area contributed by atoms with Gasteiger partial charge >= 0.3 is 0 Å². The molecule has 0 aromatic carbocycles. The van der Waals surface area contributed by atoms with Crippen LogP contribution in [0, 0.1) is 0 Å². The molecule has 0 aromatic heterocycles. The van der Waals surface area contributed by atoms with Gasteiger partial charge in [0.05, 0.1) is 11.8 Å². The van der Waals surface area contributed by atoms with Crippen molar-refractivity contribution in [1.29, 1.82) is 0 Å². The number of hydrogen-bond donors (Lipinski definition) is 1. The van der Waals surface area contributed by atoms with Gasteiger partial charge in [-0.3, -0.25) is 4.79 Å². The fraction of sp³-hybridized carbons (Fsp3) is 0.833. The molecule has 0 aliphatic carbocycles. The fourth-order valence-electron chi connectivity index (χ4n) is 0.353. The number of carbonyl (C=O) groups is 1. The first-order valence-corrected chi connectivity index (χ1v) is 10.5. The van der Waals surface area contributed by atoms with Crippen molar-refractivity contribution in [3.05, 3.63) is 0 Å². The summed E-state index contributed by atoms with van der Waals surface area (Å²) in [5, 5.41) is 0.192. The smallest absolute Gasteiger partial charge is 0.186 e. The molecule has 0 heterocycles. The lowest BCUT2D eigenvalue weighted by Crippen LogP contribution is -3.00. The van der Waals surface area contributed by atoms with Crippen molar-refractivity contribution in [2.24, 2.45) is 0 Å². The molecule has 0 bridgehead atoms. The zero-order valence-corrected chi connectivity index (χ0v) is 13.0. The molecule has 1 unspecified atom stereocenters. The van der Waals surface area contributed by atoms with E-state index in [9.17, 15) is 4.79 Å². The predicted octanol–water partition coefficient (Wildman–Crippen LogP) is -0.938. The second-order valence-corrected chi connectivity index (χ2v) is 3.27. The van der Waals surface area contributed by atoms with Crippen molar-refractivity contribution in [3.8, 4) is 0 Å². The molecule has 0 fully saturated rings. The van der Waals surface area contributed by atoms with Gasteiger partial charge < -0.3 is 18.1 Å². The van der Waals surface area contributed by atoms with Crippen molar-refractivity contribution in [1.82, 2.24) is 0 Å². The summed E-state index contributed by atoms with van der Waals surface area (Å²) in [4.78, 5) is 10.4. The molecular formula is C6H14ClI2NOS. The quantitative estimate of drug-likeness (QED) is 0.580. The average Bonchev–Trinajstić information content (AvgIpc) is 2.04. The molecule has 0 aliphatic heterocycles. The van der Waals surface area contributed by atoms with E-state index < -0.39 is 0 Å². The van der Waals surface area contributed by atoms with Crippen LogP contribution < -0.4 is 18.1 Å². The van der Waals surface area contributed by atoms with E-state index in [-0.39, 0.29) is 17.5 Å². The first-order chi connectivity index (χ1) is 5.16. The zero-order valence-electron chi connectivity index (χ0n) is 7.15. The summed E-state index contributed by atoms with van der Waals surface area (Å²) < 4.78 is 0. The van der Waals surface area contributed by atoms with Crippen LogP contribution in [0.25, 0.3) is 0 Å². The Morgan fingerprint density at radius 1 is 1.58 bits per heavy atom. The first kappa shape index (κ1) is 19.3. The largest absolute Gasteiger partial charge is 1.00 e. The van der Waals surface area contributed by atoms with Gasteiger partial charge in [-0.25, -0.2) is 0 Å². The summed E-state index contributed by atoms with van der Waals surface area (Å²) in [7, 11) is 0. The summed E-state index contributed by atoms with van der Waals surface area (Å²) >= 11 is 5.60. The molecule has 0 rings (SSSR count). The summed E-state index contributed by atoms with van der Waals surface area (Å²) in [5.41, 5.74) is 3.86. The van der Waals surface area contributed by atoms with Gasteiger partial charge in [0.1, 0.15) is 0 Å². The van der Waals surface area contributed by atoms with Gasteiger partial charge in [-0.05, 0) is 6.42 Å². The third kappa shape index (κ3) is 17.7. The average molecular weight is 438 g/mol. The zero-order chi connectivity index (χ0) is 9.28. The highest BCUT2D eigenvalue weighted by Gasteiger charge is 2.03. The van der Waals surface area contributed by atoms with E-state index >= 15 is 0 Å². The summed E-state index contributed by atoms with van der Waals surface area (Å²) in [5.74, 6) is 0.867. The fourth-order valence-corrected chi connectivity index (χ4v) is 1.06. The van der Waals surface area contributed by atoms with Gasteiger partial charge in [-0.15, -0.1) is 0 Å². The highest BCUT2D eigenvalue weighted by molar-refractivity contribution is 15.0. The van der Waals surface area contributed by atoms with Crippen molar-refractivity contribution >= 4 is 54.1 Å². The van der Waals surface area contributed by atoms with E-state index in [4.69, 9.17) is 0 Å². The van der Waals surface area contributed by atoms with Gasteiger partial charge in [-0.1, -0.05) is 18.7 Å². The lowest BCUT2D eigenvalue weighted by molar-refractivity contribution is -0.412. The van der Waals surface area contributed by atoms with Crippen LogP contribution in [0.4, 0.5) is 0 Å². The number of thioether (sulfide) groups is 1. The van der Waals surface area contributed by atoms with Crippen LogP contribution in [0.2, 0.25) is 0 Å². The molecule has 0 amide bonds. The van der Waals surface area contributed by atoms with Crippen molar-refractivity contribution in [2.45, 2.75) is 26.3 Å². The van der Waals surface area contributed by atoms with Crippen LogP contribution in [0.3, 0.4) is 0 Å². The summed E-state index contributed by atoms with van der Waals surface area (Å²) in [6.45, 7) is 3.67. The molecule has 76 valence electrons. The highest BCUT2D eigenvalue weighted by Crippen LogP contribution is 2.02. The van der Waals surface area contributed by atoms with Crippen molar-refractivity contribution in [3.63, 3.8) is 0 Å². The summed E-state index contributed by atoms with van der Waals surface area (Å²) in [6, 6.07) is 0.430. The third-order valence-corrected chi connectivity index (χ3v) is 2.14. The van der Waals surface area contributed by atoms with Crippen molar-refractivity contribution in [2.75, 3.05) is 5.75 Å².